The van der Waals surface area contributed by atoms with Crippen molar-refractivity contribution in [3.63, 3.8) is 0 Å². The molecule has 0 bridgehead atoms. The van der Waals surface area contributed by atoms with Crippen LogP contribution in [0, 0.1) is 5.92 Å². The summed E-state index contributed by atoms with van der Waals surface area (Å²) in [5, 5.41) is 0. The Labute approximate surface area is 135 Å². The molecule has 23 heavy (non-hydrogen) atoms. The fourth-order valence-corrected chi connectivity index (χ4v) is 3.70. The van der Waals surface area contributed by atoms with E-state index < -0.39 is 17.5 Å². The van der Waals surface area contributed by atoms with Gasteiger partial charge < -0.3 is 0 Å². The molecule has 116 valence electrons. The van der Waals surface area contributed by atoms with Crippen molar-refractivity contribution in [2.24, 2.45) is 5.92 Å². The number of para-hydroxylation sites is 2. The van der Waals surface area contributed by atoms with E-state index in [0.29, 0.717) is 23.4 Å². The van der Waals surface area contributed by atoms with E-state index in [1.54, 1.807) is 6.07 Å². The molecule has 2 aliphatic rings. The molecule has 0 aromatic heterocycles. The van der Waals surface area contributed by atoms with Gasteiger partial charge in [-0.1, -0.05) is 48.6 Å². The van der Waals surface area contributed by atoms with E-state index in [0.717, 1.165) is 12.8 Å². The summed E-state index contributed by atoms with van der Waals surface area (Å²) in [6.07, 6.45) is 6.47. The van der Waals surface area contributed by atoms with Gasteiger partial charge in [0.15, 0.2) is 0 Å². The second-order valence-electron chi connectivity index (χ2n) is 6.17. The number of anilines is 2. The van der Waals surface area contributed by atoms with Gasteiger partial charge in [0.1, 0.15) is 0 Å². The highest BCUT2D eigenvalue weighted by atomic mass is 19.1. The molecule has 2 unspecified atom stereocenters. The monoisotopic (exact) mass is 307 g/mol. The number of allylic oxidation sites excluding steroid dienone is 2. The molecule has 1 heterocycles. The summed E-state index contributed by atoms with van der Waals surface area (Å²) in [7, 11) is 0. The summed E-state index contributed by atoms with van der Waals surface area (Å²) in [5.41, 5.74) is -0.108. The van der Waals surface area contributed by atoms with Crippen molar-refractivity contribution in [2.75, 3.05) is 4.90 Å². The number of benzene rings is 2. The SMILES string of the molecule is O=C1N(c2ccccc2)c2ccccc2C1(F)C1C=CCCC1. The van der Waals surface area contributed by atoms with E-state index in [2.05, 4.69) is 0 Å². The average molecular weight is 307 g/mol. The molecule has 0 radical (unpaired) electrons. The minimum absolute atomic E-state index is 0.390. The van der Waals surface area contributed by atoms with Crippen molar-refractivity contribution in [1.29, 1.82) is 0 Å². The number of amides is 1. The van der Waals surface area contributed by atoms with Gasteiger partial charge in [-0.2, -0.15) is 0 Å². The summed E-state index contributed by atoms with van der Waals surface area (Å²) in [6, 6.07) is 16.5. The molecule has 1 amide bonds. The molecule has 3 heteroatoms. The van der Waals surface area contributed by atoms with Crippen LogP contribution in [0.3, 0.4) is 0 Å². The molecule has 1 aliphatic heterocycles. The van der Waals surface area contributed by atoms with Gasteiger partial charge in [0.05, 0.1) is 5.69 Å². The fourth-order valence-electron chi connectivity index (χ4n) is 3.70. The van der Waals surface area contributed by atoms with Gasteiger partial charge in [-0.25, -0.2) is 4.39 Å². The Bertz CT molecular complexity index is 770. The summed E-state index contributed by atoms with van der Waals surface area (Å²) < 4.78 is 16.1. The zero-order valence-electron chi connectivity index (χ0n) is 12.8. The Kier molecular flexibility index (Phi) is 3.29. The molecule has 2 atom stereocenters. The van der Waals surface area contributed by atoms with Crippen LogP contribution in [0.15, 0.2) is 66.7 Å². The Balaban J connectivity index is 1.88. The van der Waals surface area contributed by atoms with Gasteiger partial charge in [-0.05, 0) is 37.5 Å². The first kappa shape index (κ1) is 14.2. The number of rotatable bonds is 2. The van der Waals surface area contributed by atoms with Gasteiger partial charge in [0.2, 0.25) is 5.67 Å². The minimum atomic E-state index is -1.97. The van der Waals surface area contributed by atoms with Gasteiger partial charge >= 0.3 is 0 Å². The quantitative estimate of drug-likeness (QED) is 0.724. The number of carbonyl (C=O) groups is 1. The third-order valence-electron chi connectivity index (χ3n) is 4.83. The largest absolute Gasteiger partial charge is 0.278 e. The number of carbonyl (C=O) groups excluding carboxylic acids is 1. The van der Waals surface area contributed by atoms with Gasteiger partial charge in [0.25, 0.3) is 5.91 Å². The van der Waals surface area contributed by atoms with Crippen LogP contribution < -0.4 is 4.90 Å². The second kappa shape index (κ2) is 5.34. The van der Waals surface area contributed by atoms with Crippen molar-refractivity contribution in [3.8, 4) is 0 Å². The van der Waals surface area contributed by atoms with Crippen LogP contribution in [-0.2, 0) is 10.5 Å². The van der Waals surface area contributed by atoms with E-state index in [1.807, 2.05) is 60.7 Å². The predicted octanol–water partition coefficient (Wildman–Crippen LogP) is 4.89. The van der Waals surface area contributed by atoms with E-state index in [-0.39, 0.29) is 0 Å². The number of nitrogens with zero attached hydrogens (tertiary/aromatic N) is 1. The standard InChI is InChI=1S/C20H18FNO/c21-20(15-9-3-1-4-10-15)17-13-7-8-14-18(17)22(19(20)23)16-11-5-2-6-12-16/h2-3,5-9,11-15H,1,4,10H2. The molecule has 0 spiro atoms. The van der Waals surface area contributed by atoms with Crippen molar-refractivity contribution in [1.82, 2.24) is 0 Å². The van der Waals surface area contributed by atoms with E-state index >= 15 is 4.39 Å². The maximum atomic E-state index is 16.1. The minimum Gasteiger partial charge on any atom is -0.278 e. The first-order chi connectivity index (χ1) is 11.2. The van der Waals surface area contributed by atoms with Gasteiger partial charge in [-0.15, -0.1) is 0 Å². The highest BCUT2D eigenvalue weighted by Crippen LogP contribution is 2.52. The lowest BCUT2D eigenvalue weighted by atomic mass is 9.78. The van der Waals surface area contributed by atoms with E-state index in [1.165, 1.54) is 4.90 Å². The maximum absolute atomic E-state index is 16.1. The Morgan fingerprint density at radius 2 is 1.78 bits per heavy atom. The first-order valence-corrected chi connectivity index (χ1v) is 8.07. The fraction of sp³-hybridized carbons (Fsp3) is 0.250. The third-order valence-corrected chi connectivity index (χ3v) is 4.83. The van der Waals surface area contributed by atoms with Gasteiger partial charge in [0, 0.05) is 17.2 Å². The normalized spacial score (nSPS) is 26.4. The molecule has 1 aliphatic carbocycles. The van der Waals surface area contributed by atoms with Crippen molar-refractivity contribution in [2.45, 2.75) is 24.9 Å². The average Bonchev–Trinajstić information content (AvgIpc) is 2.86. The van der Waals surface area contributed by atoms with Crippen LogP contribution in [-0.4, -0.2) is 5.91 Å². The highest BCUT2D eigenvalue weighted by Gasteiger charge is 2.56. The molecule has 0 N–H and O–H groups in total. The molecule has 4 rings (SSSR count). The number of hydrogen-bond donors (Lipinski definition) is 0. The molecular weight excluding hydrogens is 289 g/mol. The van der Waals surface area contributed by atoms with E-state index in [9.17, 15) is 4.79 Å². The first-order valence-electron chi connectivity index (χ1n) is 8.07. The van der Waals surface area contributed by atoms with Crippen molar-refractivity contribution in [3.05, 3.63) is 72.3 Å². The van der Waals surface area contributed by atoms with Crippen LogP contribution in [0.1, 0.15) is 24.8 Å². The lowest BCUT2D eigenvalue weighted by molar-refractivity contribution is -0.131. The Hall–Kier alpha value is -2.42. The molecule has 2 aromatic carbocycles. The van der Waals surface area contributed by atoms with Crippen LogP contribution in [0.4, 0.5) is 15.8 Å². The topological polar surface area (TPSA) is 20.3 Å². The highest BCUT2D eigenvalue weighted by molar-refractivity contribution is 6.12. The number of alkyl halides is 1. The zero-order chi connectivity index (χ0) is 15.9. The van der Waals surface area contributed by atoms with Crippen LogP contribution in [0.2, 0.25) is 0 Å². The number of halogens is 1. The zero-order valence-corrected chi connectivity index (χ0v) is 12.8. The smallest absolute Gasteiger partial charge is 0.274 e. The number of fused-ring (bicyclic) bond motifs is 1. The lowest BCUT2D eigenvalue weighted by Crippen LogP contribution is -2.40. The summed E-state index contributed by atoms with van der Waals surface area (Å²) in [5.74, 6) is -0.861. The molecular formula is C20H18FNO. The van der Waals surface area contributed by atoms with Crippen LogP contribution in [0.25, 0.3) is 0 Å². The van der Waals surface area contributed by atoms with Crippen molar-refractivity contribution >= 4 is 17.3 Å². The molecule has 0 fully saturated rings. The maximum Gasteiger partial charge on any atom is 0.274 e. The van der Waals surface area contributed by atoms with E-state index in [4.69, 9.17) is 0 Å². The summed E-state index contributed by atoms with van der Waals surface area (Å²) >= 11 is 0. The molecule has 0 saturated carbocycles. The number of hydrogen-bond acceptors (Lipinski definition) is 1. The van der Waals surface area contributed by atoms with Crippen molar-refractivity contribution < 1.29 is 9.18 Å². The van der Waals surface area contributed by atoms with Gasteiger partial charge in [-0.3, -0.25) is 9.69 Å². The van der Waals surface area contributed by atoms with Crippen LogP contribution >= 0.6 is 0 Å². The lowest BCUT2D eigenvalue weighted by Gasteiger charge is -2.29. The molecule has 2 nitrogen and oxygen atoms in total. The van der Waals surface area contributed by atoms with Crippen LogP contribution in [0.5, 0.6) is 0 Å². The Morgan fingerprint density at radius 1 is 1.04 bits per heavy atom. The second-order valence-corrected chi connectivity index (χ2v) is 6.17. The molecule has 0 saturated heterocycles. The summed E-state index contributed by atoms with van der Waals surface area (Å²) in [6.45, 7) is 0. The molecule has 2 aromatic rings. The Morgan fingerprint density at radius 3 is 2.52 bits per heavy atom. The predicted molar refractivity (Wildman–Crippen MR) is 89.3 cm³/mol. The summed E-state index contributed by atoms with van der Waals surface area (Å²) in [4.78, 5) is 14.6. The third kappa shape index (κ3) is 2.03.